The second kappa shape index (κ2) is 9.54. The van der Waals surface area contributed by atoms with E-state index >= 15 is 0 Å². The summed E-state index contributed by atoms with van der Waals surface area (Å²) in [5.74, 6) is 2.15. The molecule has 0 atom stereocenters. The fourth-order valence-electron chi connectivity index (χ4n) is 6.19. The Labute approximate surface area is 173 Å². The average molecular weight is 404 g/mol. The Morgan fingerprint density at radius 2 is 1.11 bits per heavy atom. The van der Waals surface area contributed by atoms with Crippen LogP contribution in [0.5, 0.6) is 0 Å². The normalized spacial score (nSPS) is 39.3. The molecule has 0 N–H and O–H groups in total. The van der Waals surface area contributed by atoms with Gasteiger partial charge in [0.2, 0.25) is 6.04 Å². The van der Waals surface area contributed by atoms with Crippen molar-refractivity contribution in [2.24, 2.45) is 29.6 Å². The molecule has 3 rings (SSSR count). The maximum atomic E-state index is 9.31. The monoisotopic (exact) mass is 403 g/mol. The van der Waals surface area contributed by atoms with Crippen LogP contribution in [0.25, 0.3) is 4.85 Å². The molecule has 0 bridgehead atoms. The molecule has 0 amide bonds. The Morgan fingerprint density at radius 1 is 0.741 bits per heavy atom. The summed E-state index contributed by atoms with van der Waals surface area (Å²) in [6.07, 6.45) is 12.7. The second-order valence-corrected chi connectivity index (χ2v) is 10.2. The Hall–Kier alpha value is -0.890. The summed E-state index contributed by atoms with van der Waals surface area (Å²) >= 11 is 0. The van der Waals surface area contributed by atoms with E-state index in [1.165, 1.54) is 0 Å². The third-order valence-electron chi connectivity index (χ3n) is 7.75. The molecule has 5 heteroatoms. The maximum absolute atomic E-state index is 9.31. The largest absolute Gasteiger partial charge is 0.314 e. The lowest BCUT2D eigenvalue weighted by Crippen LogP contribution is -2.51. The van der Waals surface area contributed by atoms with Crippen molar-refractivity contribution in [1.29, 1.82) is 10.5 Å². The van der Waals surface area contributed by atoms with Crippen LogP contribution >= 0.6 is 21.7 Å². The van der Waals surface area contributed by atoms with Crippen molar-refractivity contribution in [3.05, 3.63) is 11.4 Å². The van der Waals surface area contributed by atoms with Crippen molar-refractivity contribution in [3.8, 4) is 12.1 Å². The minimum atomic E-state index is 0.0649. The zero-order valence-corrected chi connectivity index (χ0v) is 17.6. The van der Waals surface area contributed by atoms with Gasteiger partial charge in [-0.25, -0.2) is 6.57 Å². The minimum Gasteiger partial charge on any atom is -0.314 e. The van der Waals surface area contributed by atoms with Crippen molar-refractivity contribution < 1.29 is 0 Å². The number of nitriles is 2. The molecule has 0 heterocycles. The SMILES string of the molecule is [C-]#[N+]C1CCC(C(SCl)(C2CCC(C#N)CC2)C2CCC(C#N)CC2)CC1. The number of hydrogen-bond donors (Lipinski definition) is 0. The van der Waals surface area contributed by atoms with Crippen LogP contribution in [0, 0.1) is 58.8 Å². The summed E-state index contributed by atoms with van der Waals surface area (Å²) in [4.78, 5) is 3.80. The number of rotatable bonds is 4. The molecule has 0 aliphatic heterocycles. The Kier molecular flexibility index (Phi) is 7.36. The highest BCUT2D eigenvalue weighted by atomic mass is 35.7. The molecular formula is C22H30ClN3S. The van der Waals surface area contributed by atoms with E-state index in [0.717, 1.165) is 77.0 Å². The van der Waals surface area contributed by atoms with Gasteiger partial charge in [0.1, 0.15) is 0 Å². The van der Waals surface area contributed by atoms with Crippen molar-refractivity contribution in [1.82, 2.24) is 0 Å². The Balaban J connectivity index is 1.82. The van der Waals surface area contributed by atoms with Crippen LogP contribution in [0.3, 0.4) is 0 Å². The highest BCUT2D eigenvalue weighted by molar-refractivity contribution is 8.22. The van der Waals surface area contributed by atoms with Crippen LogP contribution in [-0.4, -0.2) is 10.8 Å². The molecule has 0 aromatic carbocycles. The van der Waals surface area contributed by atoms with Crippen LogP contribution in [0.1, 0.15) is 77.0 Å². The molecule has 3 aliphatic rings. The van der Waals surface area contributed by atoms with E-state index in [0.29, 0.717) is 17.8 Å². The average Bonchev–Trinajstić information content (AvgIpc) is 2.76. The first kappa shape index (κ1) is 20.8. The van der Waals surface area contributed by atoms with Crippen molar-refractivity contribution >= 4 is 21.7 Å². The summed E-state index contributed by atoms with van der Waals surface area (Å²) in [5.41, 5.74) is 0. The molecule has 0 aromatic heterocycles. The molecule has 0 radical (unpaired) electrons. The minimum absolute atomic E-state index is 0.0649. The third-order valence-corrected chi connectivity index (χ3v) is 9.82. The summed E-state index contributed by atoms with van der Waals surface area (Å²) in [7, 11) is 8.35. The van der Waals surface area contributed by atoms with Gasteiger partial charge in [0, 0.05) is 29.4 Å². The van der Waals surface area contributed by atoms with Crippen LogP contribution in [0.2, 0.25) is 0 Å². The molecule has 146 valence electrons. The van der Waals surface area contributed by atoms with Crippen LogP contribution in [0.4, 0.5) is 0 Å². The summed E-state index contributed by atoms with van der Waals surface area (Å²) in [6.45, 7) is 7.37. The van der Waals surface area contributed by atoms with E-state index in [4.69, 9.17) is 17.3 Å². The Bertz CT molecular complexity index is 523. The third kappa shape index (κ3) is 4.26. The van der Waals surface area contributed by atoms with Crippen LogP contribution in [-0.2, 0) is 0 Å². The first-order chi connectivity index (χ1) is 13.2. The summed E-state index contributed by atoms with van der Waals surface area (Å²) < 4.78 is 0.0649. The van der Waals surface area contributed by atoms with Gasteiger partial charge in [0.25, 0.3) is 0 Å². The van der Waals surface area contributed by atoms with Crippen molar-refractivity contribution in [2.75, 3.05) is 0 Å². The van der Waals surface area contributed by atoms with E-state index in [2.05, 4.69) is 17.0 Å². The van der Waals surface area contributed by atoms with Gasteiger partial charge in [-0.15, -0.1) is 0 Å². The first-order valence-electron chi connectivity index (χ1n) is 10.6. The van der Waals surface area contributed by atoms with Gasteiger partial charge in [-0.3, -0.25) is 0 Å². The fourth-order valence-corrected chi connectivity index (χ4v) is 8.41. The predicted octanol–water partition coefficient (Wildman–Crippen LogP) is 6.75. The molecule has 3 nitrogen and oxygen atoms in total. The van der Waals surface area contributed by atoms with E-state index in [-0.39, 0.29) is 22.6 Å². The van der Waals surface area contributed by atoms with Crippen LogP contribution in [0.15, 0.2) is 0 Å². The zero-order valence-electron chi connectivity index (χ0n) is 16.1. The molecule has 0 unspecified atom stereocenters. The van der Waals surface area contributed by atoms with Gasteiger partial charge in [-0.2, -0.15) is 10.5 Å². The van der Waals surface area contributed by atoms with E-state index in [1.54, 1.807) is 11.0 Å². The lowest BCUT2D eigenvalue weighted by Gasteiger charge is -2.53. The van der Waals surface area contributed by atoms with Gasteiger partial charge >= 0.3 is 0 Å². The molecule has 0 saturated heterocycles. The second-order valence-electron chi connectivity index (χ2n) is 8.92. The van der Waals surface area contributed by atoms with Gasteiger partial charge in [-0.1, -0.05) is 0 Å². The lowest BCUT2D eigenvalue weighted by molar-refractivity contribution is 0.0888. The topological polar surface area (TPSA) is 51.9 Å². The first-order valence-corrected chi connectivity index (χ1v) is 12.3. The van der Waals surface area contributed by atoms with Crippen LogP contribution < -0.4 is 0 Å². The molecular weight excluding hydrogens is 374 g/mol. The van der Waals surface area contributed by atoms with Gasteiger partial charge in [0.05, 0.1) is 12.1 Å². The van der Waals surface area contributed by atoms with E-state index in [1.807, 2.05) is 0 Å². The Morgan fingerprint density at radius 3 is 1.41 bits per heavy atom. The number of hydrogen-bond acceptors (Lipinski definition) is 3. The van der Waals surface area contributed by atoms with Gasteiger partial charge in [0.15, 0.2) is 0 Å². The highest BCUT2D eigenvalue weighted by Gasteiger charge is 2.53. The molecule has 27 heavy (non-hydrogen) atoms. The summed E-state index contributed by atoms with van der Waals surface area (Å²) in [5, 5.41) is 18.6. The molecule has 3 fully saturated rings. The van der Waals surface area contributed by atoms with Gasteiger partial charge < -0.3 is 4.85 Å². The van der Waals surface area contributed by atoms with E-state index < -0.39 is 0 Å². The van der Waals surface area contributed by atoms with E-state index in [9.17, 15) is 10.5 Å². The lowest BCUT2D eigenvalue weighted by atomic mass is 9.59. The summed E-state index contributed by atoms with van der Waals surface area (Å²) in [6, 6.07) is 5.14. The number of nitrogens with zero attached hydrogens (tertiary/aromatic N) is 3. The van der Waals surface area contributed by atoms with Gasteiger partial charge in [-0.05, 0) is 104 Å². The molecule has 3 saturated carbocycles. The smallest absolute Gasteiger partial charge is 0.223 e. The number of halogens is 1. The molecule has 3 aliphatic carbocycles. The predicted molar refractivity (Wildman–Crippen MR) is 111 cm³/mol. The van der Waals surface area contributed by atoms with Crippen molar-refractivity contribution in [2.45, 2.75) is 87.8 Å². The molecule has 0 aromatic rings. The van der Waals surface area contributed by atoms with Crippen molar-refractivity contribution in [3.63, 3.8) is 0 Å². The molecule has 0 spiro atoms. The maximum Gasteiger partial charge on any atom is 0.223 e. The highest BCUT2D eigenvalue weighted by Crippen LogP contribution is 2.59. The quantitative estimate of drug-likeness (QED) is 0.487. The fraction of sp³-hybridized carbons (Fsp3) is 0.864. The standard InChI is InChI=1S/C22H30ClN3S/c1-26-21-12-10-20(11-13-21)22(27-23,18-6-2-16(14-24)3-7-18)19-8-4-17(15-25)5-9-19/h16-21H,2-13H2. The zero-order chi connectivity index (χ0) is 19.3.